The first-order valence-electron chi connectivity index (χ1n) is 9.75. The molecule has 2 rings (SSSR count). The van der Waals surface area contributed by atoms with Crippen LogP contribution in [0.25, 0.3) is 0 Å². The van der Waals surface area contributed by atoms with Gasteiger partial charge in [0.2, 0.25) is 0 Å². The highest BCUT2D eigenvalue weighted by molar-refractivity contribution is 4.94. The molecule has 2 saturated heterocycles. The van der Waals surface area contributed by atoms with Gasteiger partial charge in [-0.05, 0) is 25.7 Å². The molecule has 0 bridgehead atoms. The zero-order valence-electron chi connectivity index (χ0n) is 17.1. The van der Waals surface area contributed by atoms with Gasteiger partial charge in [0.1, 0.15) is 12.2 Å². The molecule has 2 fully saturated rings. The maximum Gasteiger partial charge on any atom is 0.112 e. The van der Waals surface area contributed by atoms with Gasteiger partial charge in [-0.2, -0.15) is 0 Å². The van der Waals surface area contributed by atoms with Crippen molar-refractivity contribution < 1.29 is 24.1 Å². The molecule has 0 aromatic carbocycles. The third-order valence-corrected chi connectivity index (χ3v) is 5.40. The second-order valence-corrected chi connectivity index (χ2v) is 7.04. The summed E-state index contributed by atoms with van der Waals surface area (Å²) in [4.78, 5) is 0. The third-order valence-electron chi connectivity index (χ3n) is 5.40. The highest BCUT2D eigenvalue weighted by Crippen LogP contribution is 2.32. The van der Waals surface area contributed by atoms with E-state index in [9.17, 15) is 5.11 Å². The van der Waals surface area contributed by atoms with Gasteiger partial charge in [0.25, 0.3) is 0 Å². The van der Waals surface area contributed by atoms with E-state index in [1.54, 1.807) is 20.3 Å². The lowest BCUT2D eigenvalue weighted by atomic mass is 9.96. The summed E-state index contributed by atoms with van der Waals surface area (Å²) >= 11 is 0. The Morgan fingerprint density at radius 3 is 1.73 bits per heavy atom. The van der Waals surface area contributed by atoms with Gasteiger partial charge < -0.3 is 24.1 Å². The molecule has 0 aliphatic carbocycles. The SMILES string of the molecule is C=CCC1OC(CC)C(C)C1OC.C=CCC1OC(CC)C(O)C1OC. The lowest BCUT2D eigenvalue weighted by molar-refractivity contribution is -0.00921. The molecule has 8 atom stereocenters. The molecule has 0 spiro atoms. The Morgan fingerprint density at radius 1 is 0.846 bits per heavy atom. The summed E-state index contributed by atoms with van der Waals surface area (Å²) in [6, 6.07) is 0. The van der Waals surface area contributed by atoms with Crippen LogP contribution in [0.4, 0.5) is 0 Å². The molecule has 152 valence electrons. The summed E-state index contributed by atoms with van der Waals surface area (Å²) in [6.07, 6.45) is 7.16. The molecule has 2 aliphatic heterocycles. The van der Waals surface area contributed by atoms with Crippen LogP contribution in [0.1, 0.15) is 46.5 Å². The second kappa shape index (κ2) is 11.9. The van der Waals surface area contributed by atoms with E-state index in [1.165, 1.54) is 0 Å². The van der Waals surface area contributed by atoms with E-state index in [0.29, 0.717) is 12.0 Å². The van der Waals surface area contributed by atoms with Crippen LogP contribution >= 0.6 is 0 Å². The van der Waals surface area contributed by atoms with Crippen molar-refractivity contribution in [3.05, 3.63) is 25.3 Å². The standard InChI is InChI=1S/C11H20O2.C10H18O3/c1-5-7-10-11(12-4)8(3)9(6-2)13-10;1-4-6-8-10(12-3)9(11)7(5-2)13-8/h5,8-11H,1,6-7H2,2-4H3;4,7-11H,1,5-6H2,2-3H3. The van der Waals surface area contributed by atoms with Gasteiger partial charge in [-0.1, -0.05) is 32.9 Å². The van der Waals surface area contributed by atoms with E-state index >= 15 is 0 Å². The zero-order chi connectivity index (χ0) is 19.7. The molecule has 0 aromatic rings. The number of hydrogen-bond acceptors (Lipinski definition) is 5. The highest BCUT2D eigenvalue weighted by Gasteiger charge is 2.42. The van der Waals surface area contributed by atoms with Crippen molar-refractivity contribution in [2.75, 3.05) is 14.2 Å². The van der Waals surface area contributed by atoms with Crippen molar-refractivity contribution in [3.63, 3.8) is 0 Å². The van der Waals surface area contributed by atoms with E-state index in [2.05, 4.69) is 27.0 Å². The van der Waals surface area contributed by atoms with E-state index in [0.717, 1.165) is 25.7 Å². The molecule has 0 radical (unpaired) electrons. The number of rotatable bonds is 8. The van der Waals surface area contributed by atoms with Crippen LogP contribution in [0.15, 0.2) is 25.3 Å². The molecule has 5 nitrogen and oxygen atoms in total. The quantitative estimate of drug-likeness (QED) is 0.663. The van der Waals surface area contributed by atoms with E-state index < -0.39 is 6.10 Å². The van der Waals surface area contributed by atoms with Gasteiger partial charge in [-0.15, -0.1) is 13.2 Å². The Morgan fingerprint density at radius 2 is 1.31 bits per heavy atom. The molecule has 0 aromatic heterocycles. The second-order valence-electron chi connectivity index (χ2n) is 7.04. The summed E-state index contributed by atoms with van der Waals surface area (Å²) < 4.78 is 22.1. The van der Waals surface area contributed by atoms with Crippen LogP contribution in [0, 0.1) is 5.92 Å². The minimum absolute atomic E-state index is 0.0394. The summed E-state index contributed by atoms with van der Waals surface area (Å²) in [5, 5.41) is 9.76. The molecule has 26 heavy (non-hydrogen) atoms. The van der Waals surface area contributed by atoms with E-state index in [-0.39, 0.29) is 30.5 Å². The average molecular weight is 371 g/mol. The van der Waals surface area contributed by atoms with Crippen molar-refractivity contribution >= 4 is 0 Å². The summed E-state index contributed by atoms with van der Waals surface area (Å²) in [5.74, 6) is 0.500. The minimum Gasteiger partial charge on any atom is -0.388 e. The molecule has 2 aliphatic rings. The topological polar surface area (TPSA) is 57.2 Å². The van der Waals surface area contributed by atoms with Gasteiger partial charge in [0.15, 0.2) is 0 Å². The monoisotopic (exact) mass is 370 g/mol. The number of ether oxygens (including phenoxy) is 4. The van der Waals surface area contributed by atoms with E-state index in [1.807, 2.05) is 13.0 Å². The van der Waals surface area contributed by atoms with Crippen LogP contribution in [0.5, 0.6) is 0 Å². The fourth-order valence-corrected chi connectivity index (χ4v) is 3.96. The molecule has 0 amide bonds. The average Bonchev–Trinajstić information content (AvgIpc) is 3.11. The molecule has 1 N–H and O–H groups in total. The number of hydrogen-bond donors (Lipinski definition) is 1. The smallest absolute Gasteiger partial charge is 0.112 e. The summed E-state index contributed by atoms with van der Waals surface area (Å²) in [6.45, 7) is 13.7. The van der Waals surface area contributed by atoms with Gasteiger partial charge in [-0.3, -0.25) is 0 Å². The Balaban J connectivity index is 0.000000260. The van der Waals surface area contributed by atoms with Gasteiger partial charge >= 0.3 is 0 Å². The first-order chi connectivity index (χ1) is 12.5. The molecule has 0 saturated carbocycles. The highest BCUT2D eigenvalue weighted by atomic mass is 16.6. The Kier molecular flexibility index (Phi) is 10.7. The Hall–Kier alpha value is -0.720. The van der Waals surface area contributed by atoms with Gasteiger partial charge in [0, 0.05) is 20.1 Å². The lowest BCUT2D eigenvalue weighted by Gasteiger charge is -2.18. The molecule has 8 unspecified atom stereocenters. The first kappa shape index (κ1) is 23.3. The molecule has 2 heterocycles. The lowest BCUT2D eigenvalue weighted by Crippen LogP contribution is -2.33. The maximum atomic E-state index is 9.76. The van der Waals surface area contributed by atoms with Gasteiger partial charge in [-0.25, -0.2) is 0 Å². The first-order valence-corrected chi connectivity index (χ1v) is 9.75. The van der Waals surface area contributed by atoms with Crippen LogP contribution in [-0.4, -0.2) is 62.1 Å². The van der Waals surface area contributed by atoms with Crippen molar-refractivity contribution in [2.45, 2.75) is 89.2 Å². The van der Waals surface area contributed by atoms with Crippen LogP contribution < -0.4 is 0 Å². The summed E-state index contributed by atoms with van der Waals surface area (Å²) in [7, 11) is 3.37. The predicted molar refractivity (Wildman–Crippen MR) is 104 cm³/mol. The molecular weight excluding hydrogens is 332 g/mol. The molecular formula is C21H38O5. The fourth-order valence-electron chi connectivity index (χ4n) is 3.96. The van der Waals surface area contributed by atoms with E-state index in [4.69, 9.17) is 18.9 Å². The maximum absolute atomic E-state index is 9.76. The van der Waals surface area contributed by atoms with Crippen LogP contribution in [-0.2, 0) is 18.9 Å². The Labute approximate surface area is 159 Å². The van der Waals surface area contributed by atoms with Crippen LogP contribution in [0.3, 0.4) is 0 Å². The largest absolute Gasteiger partial charge is 0.388 e. The Bertz CT molecular complexity index is 375. The van der Waals surface area contributed by atoms with Crippen molar-refractivity contribution in [2.24, 2.45) is 5.92 Å². The zero-order valence-corrected chi connectivity index (χ0v) is 17.1. The van der Waals surface area contributed by atoms with Crippen molar-refractivity contribution in [1.29, 1.82) is 0 Å². The number of methoxy groups -OCH3 is 2. The van der Waals surface area contributed by atoms with Gasteiger partial charge in [0.05, 0.1) is 30.5 Å². The third kappa shape index (κ3) is 5.64. The van der Waals surface area contributed by atoms with Crippen molar-refractivity contribution in [3.8, 4) is 0 Å². The number of aliphatic hydroxyl groups is 1. The predicted octanol–water partition coefficient (Wildman–Crippen LogP) is 3.51. The fraction of sp³-hybridized carbons (Fsp3) is 0.810. The van der Waals surface area contributed by atoms with Crippen molar-refractivity contribution in [1.82, 2.24) is 0 Å². The molecule has 5 heteroatoms. The summed E-state index contributed by atoms with van der Waals surface area (Å²) in [5.41, 5.74) is 0. The van der Waals surface area contributed by atoms with Crippen LogP contribution in [0.2, 0.25) is 0 Å². The number of aliphatic hydroxyl groups excluding tert-OH is 1. The minimum atomic E-state index is -0.500. The normalized spacial score (nSPS) is 39.3.